The number of anilines is 1. The molecular formula is C11H7F6NO2. The van der Waals surface area contributed by atoms with Gasteiger partial charge in [-0.2, -0.15) is 26.3 Å². The molecule has 0 aliphatic heterocycles. The summed E-state index contributed by atoms with van der Waals surface area (Å²) in [5.41, 5.74) is 0.305. The van der Waals surface area contributed by atoms with Crippen LogP contribution in [0.1, 0.15) is 16.7 Å². The number of carboxylic acid groups (broad SMARTS) is 1. The van der Waals surface area contributed by atoms with Crippen LogP contribution in [0.25, 0.3) is 6.08 Å². The number of alkyl halides is 6. The Kier molecular flexibility index (Phi) is 4.02. The number of hydrogen-bond donors (Lipinski definition) is 2. The van der Waals surface area contributed by atoms with Crippen molar-refractivity contribution in [2.45, 2.75) is 12.4 Å². The molecule has 0 heterocycles. The molecule has 1 aromatic rings. The van der Waals surface area contributed by atoms with E-state index >= 15 is 0 Å². The molecule has 0 amide bonds. The molecule has 3 N–H and O–H groups in total. The molecule has 0 saturated carbocycles. The molecule has 0 bridgehead atoms. The van der Waals surface area contributed by atoms with Gasteiger partial charge in [-0.15, -0.1) is 0 Å². The highest BCUT2D eigenvalue weighted by Gasteiger charge is 2.38. The molecule has 20 heavy (non-hydrogen) atoms. The van der Waals surface area contributed by atoms with E-state index in [0.29, 0.717) is 18.2 Å². The zero-order chi connectivity index (χ0) is 15.7. The van der Waals surface area contributed by atoms with Crippen LogP contribution in [0, 0.1) is 0 Å². The second-order valence-electron chi connectivity index (χ2n) is 3.69. The van der Waals surface area contributed by atoms with Crippen LogP contribution in [0.3, 0.4) is 0 Å². The maximum absolute atomic E-state index is 12.7. The Bertz CT molecular complexity index is 559. The second-order valence-corrected chi connectivity index (χ2v) is 3.69. The first-order chi connectivity index (χ1) is 8.93. The summed E-state index contributed by atoms with van der Waals surface area (Å²) < 4.78 is 75.5. The van der Waals surface area contributed by atoms with Gasteiger partial charge in [0.2, 0.25) is 0 Å². The van der Waals surface area contributed by atoms with Gasteiger partial charge in [-0.05, 0) is 18.2 Å². The smallest absolute Gasteiger partial charge is 0.417 e. The van der Waals surface area contributed by atoms with Gasteiger partial charge in [0.25, 0.3) is 0 Å². The van der Waals surface area contributed by atoms with E-state index in [4.69, 9.17) is 10.8 Å². The molecule has 110 valence electrons. The Morgan fingerprint density at radius 3 is 2.05 bits per heavy atom. The minimum absolute atomic E-state index is 0.113. The van der Waals surface area contributed by atoms with Gasteiger partial charge < -0.3 is 10.8 Å². The molecule has 0 atom stereocenters. The third kappa shape index (κ3) is 3.65. The van der Waals surface area contributed by atoms with Gasteiger partial charge in [0, 0.05) is 17.3 Å². The van der Waals surface area contributed by atoms with E-state index in [-0.39, 0.29) is 6.07 Å². The van der Waals surface area contributed by atoms with Crippen molar-refractivity contribution >= 4 is 17.7 Å². The molecule has 0 spiro atoms. The number of carbonyl (C=O) groups is 1. The fourth-order valence-corrected chi connectivity index (χ4v) is 1.41. The lowest BCUT2D eigenvalue weighted by Gasteiger charge is -2.16. The monoisotopic (exact) mass is 299 g/mol. The fourth-order valence-electron chi connectivity index (χ4n) is 1.41. The number of hydrogen-bond acceptors (Lipinski definition) is 2. The number of aliphatic carboxylic acids is 1. The first-order valence-corrected chi connectivity index (χ1v) is 4.92. The van der Waals surface area contributed by atoms with Gasteiger partial charge in [0.15, 0.2) is 0 Å². The average molecular weight is 299 g/mol. The standard InChI is InChI=1S/C11H7F6NO2/c12-10(13,14)5-3-7(11(15,16)17)6(8(18)4-5)1-2-9(19)20/h1-4H,18H2,(H,19,20)/b2-1+. The van der Waals surface area contributed by atoms with E-state index in [1.165, 1.54) is 0 Å². The van der Waals surface area contributed by atoms with E-state index in [2.05, 4.69) is 0 Å². The van der Waals surface area contributed by atoms with Gasteiger partial charge in [-0.3, -0.25) is 0 Å². The van der Waals surface area contributed by atoms with Gasteiger partial charge >= 0.3 is 18.3 Å². The van der Waals surface area contributed by atoms with Crippen LogP contribution in [-0.2, 0) is 17.1 Å². The molecule has 0 fully saturated rings. The highest BCUT2D eigenvalue weighted by molar-refractivity contribution is 5.87. The lowest BCUT2D eigenvalue weighted by Crippen LogP contribution is -2.14. The zero-order valence-electron chi connectivity index (χ0n) is 9.51. The SMILES string of the molecule is Nc1cc(C(F)(F)F)cc(C(F)(F)F)c1/C=C/C(=O)O. The Balaban J connectivity index is 3.56. The summed E-state index contributed by atoms with van der Waals surface area (Å²) in [5.74, 6) is -1.56. The number of nitrogen functional groups attached to an aromatic ring is 1. The van der Waals surface area contributed by atoms with Crippen molar-refractivity contribution in [3.8, 4) is 0 Å². The van der Waals surface area contributed by atoms with E-state index in [0.717, 1.165) is 0 Å². The van der Waals surface area contributed by atoms with Crippen LogP contribution < -0.4 is 5.73 Å². The van der Waals surface area contributed by atoms with Crippen molar-refractivity contribution in [3.63, 3.8) is 0 Å². The van der Waals surface area contributed by atoms with Crippen molar-refractivity contribution in [1.82, 2.24) is 0 Å². The molecule has 3 nitrogen and oxygen atoms in total. The highest BCUT2D eigenvalue weighted by atomic mass is 19.4. The first kappa shape index (κ1) is 15.9. The summed E-state index contributed by atoms with van der Waals surface area (Å²) in [4.78, 5) is 10.3. The fraction of sp³-hybridized carbons (Fsp3) is 0.182. The molecule has 0 radical (unpaired) electrons. The number of halogens is 6. The number of carboxylic acids is 1. The molecule has 9 heteroatoms. The van der Waals surface area contributed by atoms with E-state index in [1.54, 1.807) is 0 Å². The maximum atomic E-state index is 12.7. The van der Waals surface area contributed by atoms with E-state index < -0.39 is 40.7 Å². The Hall–Kier alpha value is -2.19. The molecule has 0 aromatic heterocycles. The van der Waals surface area contributed by atoms with Crippen molar-refractivity contribution < 1.29 is 36.2 Å². The number of rotatable bonds is 2. The lowest BCUT2D eigenvalue weighted by atomic mass is 10.00. The third-order valence-corrected chi connectivity index (χ3v) is 2.24. The van der Waals surface area contributed by atoms with Crippen molar-refractivity contribution in [1.29, 1.82) is 0 Å². The van der Waals surface area contributed by atoms with Crippen LogP contribution in [-0.4, -0.2) is 11.1 Å². The van der Waals surface area contributed by atoms with Crippen LogP contribution >= 0.6 is 0 Å². The van der Waals surface area contributed by atoms with Gasteiger partial charge in [-0.1, -0.05) is 0 Å². The predicted molar refractivity (Wildman–Crippen MR) is 57.5 cm³/mol. The number of benzene rings is 1. The third-order valence-electron chi connectivity index (χ3n) is 2.24. The molecular weight excluding hydrogens is 292 g/mol. The summed E-state index contributed by atoms with van der Waals surface area (Å²) in [5, 5.41) is 8.35. The molecule has 0 saturated heterocycles. The van der Waals surface area contributed by atoms with Crippen molar-refractivity contribution in [2.24, 2.45) is 0 Å². The topological polar surface area (TPSA) is 63.3 Å². The van der Waals surface area contributed by atoms with E-state index in [1.807, 2.05) is 0 Å². The Morgan fingerprint density at radius 2 is 1.65 bits per heavy atom. The molecule has 0 unspecified atom stereocenters. The average Bonchev–Trinajstić information content (AvgIpc) is 2.23. The summed E-state index contributed by atoms with van der Waals surface area (Å²) in [7, 11) is 0. The molecule has 1 aromatic carbocycles. The number of nitrogens with two attached hydrogens (primary N) is 1. The van der Waals surface area contributed by atoms with Gasteiger partial charge in [0.05, 0.1) is 11.1 Å². The van der Waals surface area contributed by atoms with Crippen LogP contribution in [0.5, 0.6) is 0 Å². The zero-order valence-corrected chi connectivity index (χ0v) is 9.51. The molecule has 0 aliphatic rings. The highest BCUT2D eigenvalue weighted by Crippen LogP contribution is 2.40. The normalized spacial score (nSPS) is 12.9. The van der Waals surface area contributed by atoms with Crippen LogP contribution in [0.2, 0.25) is 0 Å². The summed E-state index contributed by atoms with van der Waals surface area (Å²) >= 11 is 0. The van der Waals surface area contributed by atoms with Gasteiger partial charge in [-0.25, -0.2) is 4.79 Å². The van der Waals surface area contributed by atoms with Gasteiger partial charge in [0.1, 0.15) is 0 Å². The summed E-state index contributed by atoms with van der Waals surface area (Å²) in [6.07, 6.45) is -9.24. The Morgan fingerprint density at radius 1 is 1.10 bits per heavy atom. The predicted octanol–water partition coefficient (Wildman–Crippen LogP) is 3.40. The minimum atomic E-state index is -5.10. The minimum Gasteiger partial charge on any atom is -0.478 e. The first-order valence-electron chi connectivity index (χ1n) is 4.92. The molecule has 1 rings (SSSR count). The quantitative estimate of drug-likeness (QED) is 0.500. The second kappa shape index (κ2) is 5.06. The van der Waals surface area contributed by atoms with Crippen LogP contribution in [0.4, 0.5) is 32.0 Å². The van der Waals surface area contributed by atoms with Crippen LogP contribution in [0.15, 0.2) is 18.2 Å². The van der Waals surface area contributed by atoms with Crippen molar-refractivity contribution in [2.75, 3.05) is 5.73 Å². The molecule has 0 aliphatic carbocycles. The largest absolute Gasteiger partial charge is 0.478 e. The lowest BCUT2D eigenvalue weighted by molar-refractivity contribution is -0.143. The summed E-state index contributed by atoms with van der Waals surface area (Å²) in [6, 6.07) is 0.203. The summed E-state index contributed by atoms with van der Waals surface area (Å²) in [6.45, 7) is 0. The Labute approximate surface area is 108 Å². The van der Waals surface area contributed by atoms with Crippen molar-refractivity contribution in [3.05, 3.63) is 34.9 Å². The van der Waals surface area contributed by atoms with E-state index in [9.17, 15) is 31.1 Å². The maximum Gasteiger partial charge on any atom is 0.417 e.